The van der Waals surface area contributed by atoms with Crippen molar-refractivity contribution in [1.82, 2.24) is 0 Å². The fraction of sp³-hybridized carbons (Fsp3) is 0.0714. The highest BCUT2D eigenvalue weighted by Gasteiger charge is 2.07. The second-order valence-corrected chi connectivity index (χ2v) is 3.70. The first kappa shape index (κ1) is 11.8. The van der Waals surface area contributed by atoms with Gasteiger partial charge in [0, 0.05) is 0 Å². The molecule has 4 nitrogen and oxygen atoms in total. The average molecular weight is 239 g/mol. The van der Waals surface area contributed by atoms with Gasteiger partial charge in [-0.3, -0.25) is 0 Å². The van der Waals surface area contributed by atoms with E-state index in [1.165, 1.54) is 0 Å². The van der Waals surface area contributed by atoms with Gasteiger partial charge in [-0.15, -0.1) is 0 Å². The van der Waals surface area contributed by atoms with Gasteiger partial charge in [-0.2, -0.15) is 5.26 Å². The number of nitrogens with two attached hydrogens (primary N) is 1. The lowest BCUT2D eigenvalue weighted by molar-refractivity contribution is 0.417. The van der Waals surface area contributed by atoms with Gasteiger partial charge in [-0.1, -0.05) is 18.2 Å². The van der Waals surface area contributed by atoms with Gasteiger partial charge in [0.1, 0.15) is 11.8 Å². The van der Waals surface area contributed by atoms with E-state index in [-0.39, 0.29) is 0 Å². The Bertz CT molecular complexity index is 602. The first-order chi connectivity index (χ1) is 8.76. The molecule has 90 valence electrons. The number of anilines is 3. The summed E-state index contributed by atoms with van der Waals surface area (Å²) >= 11 is 0. The minimum Gasteiger partial charge on any atom is -0.495 e. The van der Waals surface area contributed by atoms with Crippen LogP contribution in [-0.4, -0.2) is 7.11 Å². The number of nitrogens with one attached hydrogen (secondary N) is 1. The van der Waals surface area contributed by atoms with Crippen LogP contribution in [0.1, 0.15) is 5.56 Å². The molecular weight excluding hydrogens is 226 g/mol. The Morgan fingerprint density at radius 1 is 1.11 bits per heavy atom. The van der Waals surface area contributed by atoms with E-state index in [0.29, 0.717) is 16.9 Å². The predicted molar refractivity (Wildman–Crippen MR) is 71.8 cm³/mol. The lowest BCUT2D eigenvalue weighted by Crippen LogP contribution is -2.00. The third-order valence-electron chi connectivity index (χ3n) is 2.60. The van der Waals surface area contributed by atoms with Gasteiger partial charge in [0.25, 0.3) is 0 Å². The Balaban J connectivity index is 2.38. The van der Waals surface area contributed by atoms with Crippen molar-refractivity contribution in [3.63, 3.8) is 0 Å². The molecule has 0 fully saturated rings. The molecule has 0 amide bonds. The number of hydrogen-bond donors (Lipinski definition) is 2. The van der Waals surface area contributed by atoms with Crippen LogP contribution in [0.5, 0.6) is 5.75 Å². The second-order valence-electron chi connectivity index (χ2n) is 3.70. The molecule has 3 N–H and O–H groups in total. The molecule has 0 heterocycles. The van der Waals surface area contributed by atoms with Crippen LogP contribution in [0.25, 0.3) is 0 Å². The normalized spacial score (nSPS) is 9.56. The zero-order chi connectivity index (χ0) is 13.0. The summed E-state index contributed by atoms with van der Waals surface area (Å²) in [5.74, 6) is 0.722. The lowest BCUT2D eigenvalue weighted by atomic mass is 10.1. The number of methoxy groups -OCH3 is 1. The molecule has 0 atom stereocenters. The predicted octanol–water partition coefficient (Wildman–Crippen LogP) is 2.89. The fourth-order valence-electron chi connectivity index (χ4n) is 1.66. The van der Waals surface area contributed by atoms with Crippen molar-refractivity contribution in [3.8, 4) is 11.8 Å². The molecule has 0 bridgehead atoms. The van der Waals surface area contributed by atoms with Gasteiger partial charge in [-0.25, -0.2) is 0 Å². The smallest absolute Gasteiger partial charge is 0.142 e. The maximum Gasteiger partial charge on any atom is 0.142 e. The van der Waals surface area contributed by atoms with Gasteiger partial charge in [0.2, 0.25) is 0 Å². The Labute approximate surface area is 106 Å². The zero-order valence-electron chi connectivity index (χ0n) is 9.97. The van der Waals surface area contributed by atoms with Gasteiger partial charge < -0.3 is 15.8 Å². The van der Waals surface area contributed by atoms with Crippen molar-refractivity contribution in [3.05, 3.63) is 48.0 Å². The summed E-state index contributed by atoms with van der Waals surface area (Å²) in [4.78, 5) is 0. The molecule has 2 aromatic carbocycles. The number of nitrogen functional groups attached to an aromatic ring is 1. The molecule has 18 heavy (non-hydrogen) atoms. The Hall–Kier alpha value is -2.67. The van der Waals surface area contributed by atoms with E-state index in [2.05, 4.69) is 11.4 Å². The minimum atomic E-state index is 0.436. The van der Waals surface area contributed by atoms with Crippen molar-refractivity contribution in [2.75, 3.05) is 18.2 Å². The van der Waals surface area contributed by atoms with E-state index in [4.69, 9.17) is 15.7 Å². The Morgan fingerprint density at radius 3 is 2.56 bits per heavy atom. The molecule has 0 radical (unpaired) electrons. The summed E-state index contributed by atoms with van der Waals surface area (Å²) in [6.07, 6.45) is 0. The molecule has 4 heteroatoms. The van der Waals surface area contributed by atoms with Crippen LogP contribution in [0.15, 0.2) is 42.5 Å². The van der Waals surface area contributed by atoms with Crippen LogP contribution < -0.4 is 15.8 Å². The molecule has 2 rings (SSSR count). The third kappa shape index (κ3) is 2.20. The molecule has 0 saturated carbocycles. The monoisotopic (exact) mass is 239 g/mol. The van der Waals surface area contributed by atoms with Gasteiger partial charge >= 0.3 is 0 Å². The molecular formula is C14H13N3O. The first-order valence-electron chi connectivity index (χ1n) is 5.45. The standard InChI is InChI=1S/C14H13N3O/c1-18-13-8-3-2-6-11(13)17-12-7-4-5-10(9-15)14(12)16/h2-8,17H,16H2,1H3. The summed E-state index contributed by atoms with van der Waals surface area (Å²) in [5.41, 5.74) is 8.30. The third-order valence-corrected chi connectivity index (χ3v) is 2.60. The highest BCUT2D eigenvalue weighted by atomic mass is 16.5. The number of para-hydroxylation sites is 3. The maximum atomic E-state index is 8.93. The minimum absolute atomic E-state index is 0.436. The molecule has 0 saturated heterocycles. The van der Waals surface area contributed by atoms with E-state index in [9.17, 15) is 0 Å². The number of rotatable bonds is 3. The summed E-state index contributed by atoms with van der Waals surface area (Å²) in [7, 11) is 1.61. The van der Waals surface area contributed by atoms with E-state index >= 15 is 0 Å². The van der Waals surface area contributed by atoms with Crippen molar-refractivity contribution in [1.29, 1.82) is 5.26 Å². The van der Waals surface area contributed by atoms with E-state index in [1.54, 1.807) is 19.2 Å². The van der Waals surface area contributed by atoms with Crippen LogP contribution in [0.2, 0.25) is 0 Å². The van der Waals surface area contributed by atoms with Gasteiger partial charge in [0.05, 0.1) is 29.7 Å². The molecule has 0 unspecified atom stereocenters. The van der Waals surface area contributed by atoms with Crippen LogP contribution in [0, 0.1) is 11.3 Å². The zero-order valence-corrected chi connectivity index (χ0v) is 9.97. The number of hydrogen-bond acceptors (Lipinski definition) is 4. The van der Waals surface area contributed by atoms with Crippen molar-refractivity contribution in [2.45, 2.75) is 0 Å². The topological polar surface area (TPSA) is 71.1 Å². The molecule has 0 spiro atoms. The number of nitriles is 1. The summed E-state index contributed by atoms with van der Waals surface area (Å²) in [6, 6.07) is 14.9. The molecule has 0 aliphatic heterocycles. The molecule has 0 aliphatic rings. The largest absolute Gasteiger partial charge is 0.495 e. The summed E-state index contributed by atoms with van der Waals surface area (Å²) in [5, 5.41) is 12.1. The first-order valence-corrected chi connectivity index (χ1v) is 5.45. The van der Waals surface area contributed by atoms with Crippen LogP contribution in [0.4, 0.5) is 17.1 Å². The number of benzene rings is 2. The Kier molecular flexibility index (Phi) is 3.35. The summed E-state index contributed by atoms with van der Waals surface area (Å²) in [6.45, 7) is 0. The number of ether oxygens (including phenoxy) is 1. The lowest BCUT2D eigenvalue weighted by Gasteiger charge is -2.13. The number of nitrogens with zero attached hydrogens (tertiary/aromatic N) is 1. The Morgan fingerprint density at radius 2 is 1.83 bits per heavy atom. The fourth-order valence-corrected chi connectivity index (χ4v) is 1.66. The SMILES string of the molecule is COc1ccccc1Nc1cccc(C#N)c1N. The van der Waals surface area contributed by atoms with E-state index < -0.39 is 0 Å². The van der Waals surface area contributed by atoms with Crippen LogP contribution in [0.3, 0.4) is 0 Å². The quantitative estimate of drug-likeness (QED) is 0.808. The average Bonchev–Trinajstić information content (AvgIpc) is 2.42. The second kappa shape index (κ2) is 5.11. The van der Waals surface area contributed by atoms with Gasteiger partial charge in [0.15, 0.2) is 0 Å². The summed E-state index contributed by atoms with van der Waals surface area (Å²) < 4.78 is 5.25. The highest BCUT2D eigenvalue weighted by Crippen LogP contribution is 2.30. The maximum absolute atomic E-state index is 8.93. The van der Waals surface area contributed by atoms with Crippen LogP contribution >= 0.6 is 0 Å². The molecule has 0 aliphatic carbocycles. The molecule has 2 aromatic rings. The van der Waals surface area contributed by atoms with Gasteiger partial charge in [-0.05, 0) is 24.3 Å². The van der Waals surface area contributed by atoms with Crippen molar-refractivity contribution >= 4 is 17.1 Å². The molecule has 0 aromatic heterocycles. The van der Waals surface area contributed by atoms with Crippen molar-refractivity contribution < 1.29 is 4.74 Å². The van der Waals surface area contributed by atoms with Crippen LogP contribution in [-0.2, 0) is 0 Å². The highest BCUT2D eigenvalue weighted by molar-refractivity contribution is 5.78. The van der Waals surface area contributed by atoms with Crippen molar-refractivity contribution in [2.24, 2.45) is 0 Å². The van der Waals surface area contributed by atoms with E-state index in [0.717, 1.165) is 11.4 Å². The van der Waals surface area contributed by atoms with E-state index in [1.807, 2.05) is 30.3 Å².